The summed E-state index contributed by atoms with van der Waals surface area (Å²) in [5.74, 6) is 0.132. The summed E-state index contributed by atoms with van der Waals surface area (Å²) in [5.41, 5.74) is 2.20. The van der Waals surface area contributed by atoms with Crippen molar-refractivity contribution >= 4 is 28.1 Å². The fourth-order valence-corrected chi connectivity index (χ4v) is 6.16. The Morgan fingerprint density at radius 1 is 0.950 bits per heavy atom. The molecule has 220 valence electrons. The highest BCUT2D eigenvalue weighted by molar-refractivity contribution is 7.84. The van der Waals surface area contributed by atoms with Crippen molar-refractivity contribution in [1.29, 1.82) is 0 Å². The van der Waals surface area contributed by atoms with Gasteiger partial charge in [0.15, 0.2) is 0 Å². The van der Waals surface area contributed by atoms with Crippen LogP contribution in [0.15, 0.2) is 47.4 Å². The molecule has 2 aromatic carbocycles. The molecule has 2 aromatic rings. The van der Waals surface area contributed by atoms with Gasteiger partial charge in [-0.05, 0) is 54.2 Å². The van der Waals surface area contributed by atoms with E-state index in [1.807, 2.05) is 4.90 Å². The number of benzene rings is 2. The molecule has 2 aliphatic heterocycles. The highest BCUT2D eigenvalue weighted by atomic mass is 32.2. The summed E-state index contributed by atoms with van der Waals surface area (Å²) in [4.78, 5) is 19.3. The van der Waals surface area contributed by atoms with Crippen LogP contribution in [0.4, 0.5) is 24.5 Å². The number of likely N-dealkylation sites (tertiary alicyclic amines) is 1. The molecule has 0 aromatic heterocycles. The molecule has 2 saturated heterocycles. The van der Waals surface area contributed by atoms with E-state index < -0.39 is 22.5 Å². The monoisotopic (exact) mass is 578 g/mol. The molecular formula is C30H41F3N4O2S. The molecule has 1 amide bonds. The third-order valence-corrected chi connectivity index (χ3v) is 8.90. The number of piperazine rings is 1. The first kappa shape index (κ1) is 30.4. The van der Waals surface area contributed by atoms with E-state index in [2.05, 4.69) is 60.2 Å². The fraction of sp³-hybridized carbons (Fsp3) is 0.567. The molecule has 10 heteroatoms. The van der Waals surface area contributed by atoms with Gasteiger partial charge in [0.1, 0.15) is 0 Å². The normalized spacial score (nSPS) is 18.6. The van der Waals surface area contributed by atoms with Crippen LogP contribution in [0.1, 0.15) is 51.2 Å². The zero-order valence-electron chi connectivity index (χ0n) is 23.9. The largest absolute Gasteiger partial charge is 0.417 e. The second-order valence-electron chi connectivity index (χ2n) is 11.8. The second kappa shape index (κ2) is 12.5. The van der Waals surface area contributed by atoms with Crippen LogP contribution in [0, 0.1) is 0 Å². The molecule has 1 atom stereocenters. The molecular weight excluding hydrogens is 537 g/mol. The highest BCUT2D eigenvalue weighted by Crippen LogP contribution is 2.35. The van der Waals surface area contributed by atoms with Crippen LogP contribution in [0.25, 0.3) is 0 Å². The van der Waals surface area contributed by atoms with Crippen LogP contribution in [0.3, 0.4) is 0 Å². The predicted molar refractivity (Wildman–Crippen MR) is 155 cm³/mol. The first-order valence-corrected chi connectivity index (χ1v) is 15.5. The van der Waals surface area contributed by atoms with Gasteiger partial charge in [0, 0.05) is 75.9 Å². The smallest absolute Gasteiger partial charge is 0.382 e. The number of rotatable bonds is 7. The first-order chi connectivity index (χ1) is 18.8. The van der Waals surface area contributed by atoms with Crippen molar-refractivity contribution in [2.75, 3.05) is 62.3 Å². The molecule has 0 bridgehead atoms. The van der Waals surface area contributed by atoms with Crippen molar-refractivity contribution in [3.05, 3.63) is 53.6 Å². The Morgan fingerprint density at radius 2 is 1.57 bits per heavy atom. The van der Waals surface area contributed by atoms with E-state index >= 15 is 0 Å². The molecule has 1 N–H and O–H groups in total. The maximum Gasteiger partial charge on any atom is 0.417 e. The standard InChI is InChI=1S/C30H41F3N4O2S/c1-29(2,3)22-5-8-25(9-6-22)36-19-17-35(18-20-36)14-13-28(38)37-15-11-23(12-16-37)34-24-7-10-27(40(4)39)26(21-24)30(31,32)33/h5-10,21,23,34H,11-20H2,1-4H3. The molecule has 4 rings (SSSR count). The zero-order chi connectivity index (χ0) is 29.1. The lowest BCUT2D eigenvalue weighted by Gasteiger charge is -2.37. The summed E-state index contributed by atoms with van der Waals surface area (Å²) >= 11 is 0. The topological polar surface area (TPSA) is 55.9 Å². The molecule has 0 saturated carbocycles. The van der Waals surface area contributed by atoms with Gasteiger partial charge in [0.25, 0.3) is 0 Å². The van der Waals surface area contributed by atoms with E-state index in [1.165, 1.54) is 23.6 Å². The van der Waals surface area contributed by atoms with E-state index in [4.69, 9.17) is 0 Å². The molecule has 0 spiro atoms. The van der Waals surface area contributed by atoms with Gasteiger partial charge in [0.05, 0.1) is 21.3 Å². The Morgan fingerprint density at radius 3 is 2.12 bits per heavy atom. The first-order valence-electron chi connectivity index (χ1n) is 14.0. The minimum Gasteiger partial charge on any atom is -0.382 e. The number of hydrogen-bond donors (Lipinski definition) is 1. The van der Waals surface area contributed by atoms with Gasteiger partial charge in [-0.1, -0.05) is 32.9 Å². The summed E-state index contributed by atoms with van der Waals surface area (Å²) in [6, 6.07) is 12.7. The molecule has 40 heavy (non-hydrogen) atoms. The minimum atomic E-state index is -4.57. The second-order valence-corrected chi connectivity index (χ2v) is 13.2. The molecule has 6 nitrogen and oxygen atoms in total. The van der Waals surface area contributed by atoms with E-state index in [-0.39, 0.29) is 22.3 Å². The van der Waals surface area contributed by atoms with E-state index in [0.29, 0.717) is 38.0 Å². The van der Waals surface area contributed by atoms with Crippen molar-refractivity contribution in [2.45, 2.75) is 62.6 Å². The van der Waals surface area contributed by atoms with Crippen LogP contribution in [-0.4, -0.2) is 78.0 Å². The van der Waals surface area contributed by atoms with Crippen molar-refractivity contribution in [3.8, 4) is 0 Å². The van der Waals surface area contributed by atoms with Crippen molar-refractivity contribution < 1.29 is 22.2 Å². The van der Waals surface area contributed by atoms with Crippen LogP contribution in [0.5, 0.6) is 0 Å². The number of nitrogens with one attached hydrogen (secondary N) is 1. The van der Waals surface area contributed by atoms with Gasteiger partial charge in [-0.3, -0.25) is 13.9 Å². The Labute approximate surface area is 238 Å². The lowest BCUT2D eigenvalue weighted by atomic mass is 9.87. The van der Waals surface area contributed by atoms with Crippen LogP contribution >= 0.6 is 0 Å². The Balaban J connectivity index is 1.19. The third-order valence-electron chi connectivity index (χ3n) is 7.93. The van der Waals surface area contributed by atoms with Gasteiger partial charge >= 0.3 is 6.18 Å². The fourth-order valence-electron chi connectivity index (χ4n) is 5.41. The van der Waals surface area contributed by atoms with Gasteiger partial charge in [-0.15, -0.1) is 0 Å². The lowest BCUT2D eigenvalue weighted by molar-refractivity contribution is -0.139. The van der Waals surface area contributed by atoms with Gasteiger partial charge in [-0.25, -0.2) is 0 Å². The summed E-state index contributed by atoms with van der Waals surface area (Å²) in [6.07, 6.45) is -1.51. The average molecular weight is 579 g/mol. The number of nitrogens with zero attached hydrogens (tertiary/aromatic N) is 3. The van der Waals surface area contributed by atoms with Crippen LogP contribution in [-0.2, 0) is 27.2 Å². The van der Waals surface area contributed by atoms with E-state index in [9.17, 15) is 22.2 Å². The van der Waals surface area contributed by atoms with Gasteiger partial charge in [-0.2, -0.15) is 13.2 Å². The minimum absolute atomic E-state index is 0.0198. The van der Waals surface area contributed by atoms with Gasteiger partial charge < -0.3 is 15.1 Å². The van der Waals surface area contributed by atoms with Crippen LogP contribution in [0.2, 0.25) is 0 Å². The third kappa shape index (κ3) is 7.78. The number of amides is 1. The summed E-state index contributed by atoms with van der Waals surface area (Å²) < 4.78 is 52.1. The predicted octanol–water partition coefficient (Wildman–Crippen LogP) is 5.36. The molecule has 1 unspecified atom stereocenters. The summed E-state index contributed by atoms with van der Waals surface area (Å²) in [7, 11) is -1.73. The number of alkyl halides is 3. The van der Waals surface area contributed by atoms with E-state index in [0.717, 1.165) is 38.8 Å². The van der Waals surface area contributed by atoms with Crippen molar-refractivity contribution in [3.63, 3.8) is 0 Å². The lowest BCUT2D eigenvalue weighted by Crippen LogP contribution is -2.48. The average Bonchev–Trinajstić information content (AvgIpc) is 2.91. The quantitative estimate of drug-likeness (QED) is 0.480. The number of anilines is 2. The Kier molecular flexibility index (Phi) is 9.50. The molecule has 0 radical (unpaired) electrons. The molecule has 2 aliphatic rings. The SMILES string of the molecule is CS(=O)c1ccc(NC2CCN(C(=O)CCN3CCN(c4ccc(C(C)(C)C)cc4)CC3)CC2)cc1C(F)(F)F. The summed E-state index contributed by atoms with van der Waals surface area (Å²) in [5, 5.41) is 3.18. The number of hydrogen-bond acceptors (Lipinski definition) is 5. The molecule has 2 heterocycles. The zero-order valence-corrected chi connectivity index (χ0v) is 24.7. The van der Waals surface area contributed by atoms with Crippen molar-refractivity contribution in [2.24, 2.45) is 0 Å². The molecule has 2 fully saturated rings. The maximum atomic E-state index is 13.4. The van der Waals surface area contributed by atoms with E-state index in [1.54, 1.807) is 6.07 Å². The highest BCUT2D eigenvalue weighted by Gasteiger charge is 2.35. The Hall–Kier alpha value is -2.59. The number of piperidine rings is 1. The molecule has 0 aliphatic carbocycles. The van der Waals surface area contributed by atoms with Crippen molar-refractivity contribution in [1.82, 2.24) is 9.80 Å². The number of carbonyl (C=O) groups is 1. The number of carbonyl (C=O) groups excluding carboxylic acids is 1. The Bertz CT molecular complexity index is 1180. The van der Waals surface area contributed by atoms with Gasteiger partial charge in [0.2, 0.25) is 5.91 Å². The maximum absolute atomic E-state index is 13.4. The van der Waals surface area contributed by atoms with Crippen LogP contribution < -0.4 is 10.2 Å². The summed E-state index contributed by atoms with van der Waals surface area (Å²) in [6.45, 7) is 12.3. The number of halogens is 3.